The van der Waals surface area contributed by atoms with E-state index in [0.717, 1.165) is 19.7 Å². The second kappa shape index (κ2) is 7.77. The largest absolute Gasteiger partial charge is 0.377 e. The van der Waals surface area contributed by atoms with Crippen LogP contribution < -0.4 is 5.32 Å². The number of ether oxygens (including phenoxy) is 1. The Balaban J connectivity index is 1.90. The van der Waals surface area contributed by atoms with Crippen molar-refractivity contribution in [1.82, 2.24) is 10.2 Å². The van der Waals surface area contributed by atoms with E-state index in [1.165, 1.54) is 30.4 Å². The minimum absolute atomic E-state index is 0.379. The van der Waals surface area contributed by atoms with Crippen LogP contribution in [0.15, 0.2) is 24.3 Å². The van der Waals surface area contributed by atoms with Crippen molar-refractivity contribution in [2.45, 2.75) is 38.3 Å². The van der Waals surface area contributed by atoms with E-state index >= 15 is 0 Å². The molecule has 0 aromatic heterocycles. The highest BCUT2D eigenvalue weighted by Gasteiger charge is 2.19. The molecular weight excluding hydrogens is 248 g/mol. The molecule has 0 saturated carbocycles. The lowest BCUT2D eigenvalue weighted by Gasteiger charge is -2.30. The molecule has 3 heteroatoms. The first-order chi connectivity index (χ1) is 9.70. The number of benzene rings is 1. The molecule has 20 heavy (non-hydrogen) atoms. The molecule has 112 valence electrons. The van der Waals surface area contributed by atoms with E-state index in [1.807, 2.05) is 7.05 Å². The molecule has 1 aliphatic rings. The fourth-order valence-corrected chi connectivity index (χ4v) is 3.01. The Morgan fingerprint density at radius 3 is 2.80 bits per heavy atom. The van der Waals surface area contributed by atoms with Crippen molar-refractivity contribution in [3.8, 4) is 0 Å². The summed E-state index contributed by atoms with van der Waals surface area (Å²) in [7, 11) is 4.24. The van der Waals surface area contributed by atoms with Crippen LogP contribution in [0.25, 0.3) is 0 Å². The first kappa shape index (κ1) is 15.5. The van der Waals surface area contributed by atoms with Crippen LogP contribution in [0.5, 0.6) is 0 Å². The van der Waals surface area contributed by atoms with Gasteiger partial charge >= 0.3 is 0 Å². The van der Waals surface area contributed by atoms with Gasteiger partial charge in [0.25, 0.3) is 0 Å². The van der Waals surface area contributed by atoms with Gasteiger partial charge in [0, 0.05) is 25.7 Å². The number of aryl methyl sites for hydroxylation is 1. The van der Waals surface area contributed by atoms with E-state index in [1.54, 1.807) is 0 Å². The van der Waals surface area contributed by atoms with Crippen molar-refractivity contribution in [3.05, 3.63) is 35.4 Å². The maximum absolute atomic E-state index is 5.83. The fraction of sp³-hybridized carbons (Fsp3) is 0.647. The molecule has 0 spiro atoms. The highest BCUT2D eigenvalue weighted by Crippen LogP contribution is 2.19. The van der Waals surface area contributed by atoms with E-state index in [-0.39, 0.29) is 0 Å². The van der Waals surface area contributed by atoms with Crippen LogP contribution >= 0.6 is 0 Å². The highest BCUT2D eigenvalue weighted by atomic mass is 16.5. The zero-order valence-corrected chi connectivity index (χ0v) is 13.1. The molecule has 0 aliphatic carbocycles. The lowest BCUT2D eigenvalue weighted by molar-refractivity contribution is -0.00254. The maximum Gasteiger partial charge on any atom is 0.0701 e. The normalized spacial score (nSPS) is 21.1. The summed E-state index contributed by atoms with van der Waals surface area (Å²) in [6, 6.07) is 9.01. The summed E-state index contributed by atoms with van der Waals surface area (Å²) in [5.41, 5.74) is 2.75. The van der Waals surface area contributed by atoms with Gasteiger partial charge in [0.05, 0.1) is 6.10 Å². The zero-order valence-electron chi connectivity index (χ0n) is 13.1. The number of rotatable bonds is 6. The van der Waals surface area contributed by atoms with Gasteiger partial charge in [0.15, 0.2) is 0 Å². The Labute approximate surface area is 123 Å². The second-order valence-corrected chi connectivity index (χ2v) is 5.91. The van der Waals surface area contributed by atoms with E-state index in [9.17, 15) is 0 Å². The van der Waals surface area contributed by atoms with E-state index in [4.69, 9.17) is 4.74 Å². The maximum atomic E-state index is 5.83. The van der Waals surface area contributed by atoms with E-state index in [2.05, 4.69) is 48.5 Å². The molecule has 0 radical (unpaired) electrons. The lowest BCUT2D eigenvalue weighted by atomic mass is 10.0. The topological polar surface area (TPSA) is 24.5 Å². The van der Waals surface area contributed by atoms with Crippen LogP contribution in [0.3, 0.4) is 0 Å². The molecule has 2 rings (SSSR count). The van der Waals surface area contributed by atoms with Crippen molar-refractivity contribution < 1.29 is 4.74 Å². The third kappa shape index (κ3) is 4.30. The summed E-state index contributed by atoms with van der Waals surface area (Å²) in [5.74, 6) is 0. The van der Waals surface area contributed by atoms with Gasteiger partial charge in [0.2, 0.25) is 0 Å². The summed E-state index contributed by atoms with van der Waals surface area (Å²) in [4.78, 5) is 2.39. The van der Waals surface area contributed by atoms with Crippen molar-refractivity contribution in [3.63, 3.8) is 0 Å². The van der Waals surface area contributed by atoms with E-state index < -0.39 is 0 Å². The van der Waals surface area contributed by atoms with Gasteiger partial charge in [-0.25, -0.2) is 0 Å². The lowest BCUT2D eigenvalue weighted by Crippen LogP contribution is -2.38. The number of hydrogen-bond donors (Lipinski definition) is 1. The third-order valence-electron chi connectivity index (χ3n) is 4.20. The molecule has 2 unspecified atom stereocenters. The van der Waals surface area contributed by atoms with Crippen molar-refractivity contribution >= 4 is 0 Å². The Morgan fingerprint density at radius 2 is 2.15 bits per heavy atom. The van der Waals surface area contributed by atoms with Crippen molar-refractivity contribution in [2.75, 3.05) is 33.8 Å². The predicted octanol–water partition coefficient (Wildman–Crippen LogP) is 2.76. The Morgan fingerprint density at radius 1 is 1.35 bits per heavy atom. The Bertz CT molecular complexity index is 402. The van der Waals surface area contributed by atoms with Gasteiger partial charge in [-0.05, 0) is 51.4 Å². The summed E-state index contributed by atoms with van der Waals surface area (Å²) in [6.45, 7) is 5.17. The van der Waals surface area contributed by atoms with Gasteiger partial charge in [0.1, 0.15) is 0 Å². The van der Waals surface area contributed by atoms with Gasteiger partial charge in [-0.15, -0.1) is 0 Å². The number of hydrogen-bond acceptors (Lipinski definition) is 3. The molecule has 1 heterocycles. The average Bonchev–Trinajstić information content (AvgIpc) is 2.46. The predicted molar refractivity (Wildman–Crippen MR) is 84.1 cm³/mol. The van der Waals surface area contributed by atoms with Crippen LogP contribution in [0.1, 0.15) is 36.4 Å². The minimum Gasteiger partial charge on any atom is -0.377 e. The highest BCUT2D eigenvalue weighted by molar-refractivity contribution is 5.28. The van der Waals surface area contributed by atoms with Crippen LogP contribution in [0, 0.1) is 6.92 Å². The number of nitrogens with one attached hydrogen (secondary N) is 1. The van der Waals surface area contributed by atoms with E-state index in [0.29, 0.717) is 12.1 Å². The molecule has 1 fully saturated rings. The van der Waals surface area contributed by atoms with Crippen LogP contribution in [-0.2, 0) is 4.74 Å². The Kier molecular flexibility index (Phi) is 6.02. The second-order valence-electron chi connectivity index (χ2n) is 5.91. The zero-order chi connectivity index (χ0) is 14.4. The summed E-state index contributed by atoms with van der Waals surface area (Å²) < 4.78 is 5.83. The summed E-state index contributed by atoms with van der Waals surface area (Å²) in [6.07, 6.45) is 4.16. The van der Waals surface area contributed by atoms with Crippen LogP contribution in [0.4, 0.5) is 0 Å². The third-order valence-corrected chi connectivity index (χ3v) is 4.20. The first-order valence-electron chi connectivity index (χ1n) is 7.73. The number of nitrogens with zero attached hydrogens (tertiary/aromatic N) is 1. The van der Waals surface area contributed by atoms with Crippen LogP contribution in [-0.4, -0.2) is 44.8 Å². The summed E-state index contributed by atoms with van der Waals surface area (Å²) in [5, 5.41) is 3.44. The van der Waals surface area contributed by atoms with Gasteiger partial charge in [-0.1, -0.05) is 24.3 Å². The van der Waals surface area contributed by atoms with Crippen molar-refractivity contribution in [2.24, 2.45) is 0 Å². The SMILES string of the molecule is CNC(CN(C)CC1CCCCO1)c1ccccc1C. The molecule has 1 aliphatic heterocycles. The number of likely N-dealkylation sites (N-methyl/N-ethyl adjacent to an activating group) is 2. The molecule has 1 N–H and O–H groups in total. The average molecular weight is 276 g/mol. The first-order valence-corrected chi connectivity index (χ1v) is 7.73. The quantitative estimate of drug-likeness (QED) is 0.864. The molecule has 2 atom stereocenters. The van der Waals surface area contributed by atoms with Crippen LogP contribution in [0.2, 0.25) is 0 Å². The fourth-order valence-electron chi connectivity index (χ4n) is 3.01. The van der Waals surface area contributed by atoms with Gasteiger partial charge < -0.3 is 15.0 Å². The molecule has 1 aromatic carbocycles. The Hall–Kier alpha value is -0.900. The van der Waals surface area contributed by atoms with Gasteiger partial charge in [-0.3, -0.25) is 0 Å². The molecular formula is C17H28N2O. The molecule has 0 bridgehead atoms. The molecule has 1 aromatic rings. The van der Waals surface area contributed by atoms with Gasteiger partial charge in [-0.2, -0.15) is 0 Å². The van der Waals surface area contributed by atoms with Crippen molar-refractivity contribution in [1.29, 1.82) is 0 Å². The molecule has 3 nitrogen and oxygen atoms in total. The standard InChI is InChI=1S/C17H28N2O/c1-14-8-4-5-10-16(14)17(18-2)13-19(3)12-15-9-6-7-11-20-15/h4-5,8,10,15,17-18H,6-7,9,11-13H2,1-3H3. The molecule has 0 amide bonds. The minimum atomic E-state index is 0.379. The monoisotopic (exact) mass is 276 g/mol. The summed E-state index contributed by atoms with van der Waals surface area (Å²) >= 11 is 0. The smallest absolute Gasteiger partial charge is 0.0701 e. The molecule has 1 saturated heterocycles.